The van der Waals surface area contributed by atoms with Crippen molar-refractivity contribution in [3.63, 3.8) is 0 Å². The van der Waals surface area contributed by atoms with Gasteiger partial charge in [0, 0.05) is 28.6 Å². The lowest BCUT2D eigenvalue weighted by atomic mass is 10.1. The molecule has 0 heterocycles. The van der Waals surface area contributed by atoms with Gasteiger partial charge in [-0.1, -0.05) is 26.8 Å². The maximum Gasteiger partial charge on any atom is 0.122 e. The van der Waals surface area contributed by atoms with Crippen LogP contribution in [0.5, 0.6) is 5.75 Å². The van der Waals surface area contributed by atoms with E-state index in [0.29, 0.717) is 11.2 Å². The van der Waals surface area contributed by atoms with E-state index in [1.807, 2.05) is 11.8 Å². The van der Waals surface area contributed by atoms with Crippen LogP contribution in [0.3, 0.4) is 0 Å². The molecule has 1 unspecified atom stereocenters. The molecule has 0 aromatic heterocycles. The summed E-state index contributed by atoms with van der Waals surface area (Å²) in [7, 11) is 1.75. The number of nitrogens with one attached hydrogen (secondary N) is 1. The first kappa shape index (κ1) is 18.4. The lowest BCUT2D eigenvalue weighted by Crippen LogP contribution is -2.35. The Morgan fingerprint density at radius 3 is 2.38 bits per heavy atom. The van der Waals surface area contributed by atoms with Crippen LogP contribution in [0, 0.1) is 5.92 Å². The molecule has 0 saturated heterocycles. The van der Waals surface area contributed by atoms with Gasteiger partial charge >= 0.3 is 0 Å². The summed E-state index contributed by atoms with van der Waals surface area (Å²) in [6.07, 6.45) is 0. The Morgan fingerprint density at radius 2 is 1.86 bits per heavy atom. The highest BCUT2D eigenvalue weighted by Crippen LogP contribution is 2.29. The molecule has 21 heavy (non-hydrogen) atoms. The number of methoxy groups -OCH3 is 1. The van der Waals surface area contributed by atoms with Gasteiger partial charge in [0.2, 0.25) is 0 Å². The zero-order valence-electron chi connectivity index (χ0n) is 14.6. The van der Waals surface area contributed by atoms with E-state index in [4.69, 9.17) is 4.74 Å². The number of rotatable bonds is 7. The molecule has 120 valence electrons. The van der Waals surface area contributed by atoms with Crippen molar-refractivity contribution in [3.05, 3.63) is 29.3 Å². The third kappa shape index (κ3) is 6.75. The van der Waals surface area contributed by atoms with Crippen molar-refractivity contribution in [2.75, 3.05) is 7.11 Å². The molecule has 1 N–H and O–H groups in total. The third-order valence-electron chi connectivity index (χ3n) is 3.61. The molecular formula is C18H31NOS. The molecule has 1 aromatic carbocycles. The Kier molecular flexibility index (Phi) is 7.08. The highest BCUT2D eigenvalue weighted by atomic mass is 32.2. The predicted octanol–water partition coefficient (Wildman–Crippen LogP) is 4.86. The molecule has 1 atom stereocenters. The highest BCUT2D eigenvalue weighted by molar-refractivity contribution is 7.99. The smallest absolute Gasteiger partial charge is 0.122 e. The van der Waals surface area contributed by atoms with Crippen LogP contribution in [0.25, 0.3) is 0 Å². The minimum absolute atomic E-state index is 0.140. The Bertz CT molecular complexity index is 437. The number of ether oxygens (including phenoxy) is 1. The number of thioether (sulfide) groups is 1. The average molecular weight is 310 g/mol. The van der Waals surface area contributed by atoms with Crippen LogP contribution in [0.1, 0.15) is 52.7 Å². The van der Waals surface area contributed by atoms with Gasteiger partial charge in [0.15, 0.2) is 0 Å². The molecule has 0 aliphatic heterocycles. The Labute approximate surface area is 135 Å². The van der Waals surface area contributed by atoms with Gasteiger partial charge < -0.3 is 10.1 Å². The summed E-state index contributed by atoms with van der Waals surface area (Å²) in [6.45, 7) is 14.3. The minimum Gasteiger partial charge on any atom is -0.496 e. The predicted molar refractivity (Wildman–Crippen MR) is 95.2 cm³/mol. The fourth-order valence-corrected chi connectivity index (χ4v) is 2.89. The van der Waals surface area contributed by atoms with Crippen molar-refractivity contribution in [1.29, 1.82) is 0 Å². The molecule has 0 radical (unpaired) electrons. The van der Waals surface area contributed by atoms with E-state index < -0.39 is 0 Å². The normalized spacial score (nSPS) is 13.5. The van der Waals surface area contributed by atoms with E-state index in [9.17, 15) is 0 Å². The SMILES string of the molecule is COc1ccc(CNC(C)(C)C)cc1CSC(C)C(C)C. The van der Waals surface area contributed by atoms with E-state index in [0.717, 1.165) is 18.0 Å². The molecular weight excluding hydrogens is 278 g/mol. The second kappa shape index (κ2) is 8.09. The second-order valence-corrected chi connectivity index (χ2v) is 8.38. The lowest BCUT2D eigenvalue weighted by Gasteiger charge is -2.21. The van der Waals surface area contributed by atoms with Crippen LogP contribution < -0.4 is 10.1 Å². The summed E-state index contributed by atoms with van der Waals surface area (Å²) in [4.78, 5) is 0. The van der Waals surface area contributed by atoms with Crippen molar-refractivity contribution in [2.45, 2.75) is 64.6 Å². The minimum atomic E-state index is 0.140. The zero-order chi connectivity index (χ0) is 16.0. The first-order valence-electron chi connectivity index (χ1n) is 7.75. The van der Waals surface area contributed by atoms with Crippen molar-refractivity contribution in [1.82, 2.24) is 5.32 Å². The van der Waals surface area contributed by atoms with Gasteiger partial charge in [-0.2, -0.15) is 11.8 Å². The summed E-state index contributed by atoms with van der Waals surface area (Å²) in [6, 6.07) is 6.52. The molecule has 3 heteroatoms. The monoisotopic (exact) mass is 309 g/mol. The summed E-state index contributed by atoms with van der Waals surface area (Å²) >= 11 is 2.00. The van der Waals surface area contributed by atoms with Gasteiger partial charge in [-0.05, 0) is 44.4 Å². The van der Waals surface area contributed by atoms with Crippen molar-refractivity contribution < 1.29 is 4.74 Å². The Balaban J connectivity index is 2.75. The van der Waals surface area contributed by atoms with Crippen molar-refractivity contribution in [2.24, 2.45) is 5.92 Å². The first-order chi connectivity index (χ1) is 9.73. The summed E-state index contributed by atoms with van der Waals surface area (Å²) < 4.78 is 5.50. The van der Waals surface area contributed by atoms with Crippen LogP contribution in [-0.4, -0.2) is 17.9 Å². The summed E-state index contributed by atoms with van der Waals surface area (Å²) in [5.74, 6) is 2.70. The fourth-order valence-electron chi connectivity index (χ4n) is 1.84. The molecule has 0 saturated carbocycles. The van der Waals surface area contributed by atoms with Crippen LogP contribution in [-0.2, 0) is 12.3 Å². The highest BCUT2D eigenvalue weighted by Gasteiger charge is 2.12. The van der Waals surface area contributed by atoms with Gasteiger partial charge in [0.25, 0.3) is 0 Å². The average Bonchev–Trinajstić information content (AvgIpc) is 2.41. The molecule has 0 aliphatic rings. The van der Waals surface area contributed by atoms with E-state index in [2.05, 4.69) is 65.1 Å². The maximum absolute atomic E-state index is 5.50. The quantitative estimate of drug-likeness (QED) is 0.777. The molecule has 1 aromatic rings. The molecule has 0 aliphatic carbocycles. The third-order valence-corrected chi connectivity index (χ3v) is 5.16. The second-order valence-electron chi connectivity index (χ2n) is 7.01. The molecule has 2 nitrogen and oxygen atoms in total. The summed E-state index contributed by atoms with van der Waals surface area (Å²) in [5, 5.41) is 4.20. The largest absolute Gasteiger partial charge is 0.496 e. The lowest BCUT2D eigenvalue weighted by molar-refractivity contribution is 0.409. The fraction of sp³-hybridized carbons (Fsp3) is 0.667. The topological polar surface area (TPSA) is 21.3 Å². The molecule has 1 rings (SSSR count). The van der Waals surface area contributed by atoms with Crippen molar-refractivity contribution in [3.8, 4) is 5.75 Å². The van der Waals surface area contributed by atoms with Gasteiger partial charge in [-0.3, -0.25) is 0 Å². The van der Waals surface area contributed by atoms with E-state index in [1.165, 1.54) is 11.1 Å². The Hall–Kier alpha value is -0.670. The Morgan fingerprint density at radius 1 is 1.19 bits per heavy atom. The number of hydrogen-bond donors (Lipinski definition) is 1. The van der Waals surface area contributed by atoms with Crippen LogP contribution in [0.15, 0.2) is 18.2 Å². The standard InChI is InChI=1S/C18H31NOS/c1-13(2)14(3)21-12-16-10-15(8-9-17(16)20-7)11-19-18(4,5)6/h8-10,13-14,19H,11-12H2,1-7H3. The van der Waals surface area contributed by atoms with E-state index in [1.54, 1.807) is 7.11 Å². The molecule has 0 fully saturated rings. The van der Waals surface area contributed by atoms with Crippen LogP contribution >= 0.6 is 11.8 Å². The maximum atomic E-state index is 5.50. The van der Waals surface area contributed by atoms with Gasteiger partial charge in [0.1, 0.15) is 5.75 Å². The molecule has 0 spiro atoms. The number of hydrogen-bond acceptors (Lipinski definition) is 3. The van der Waals surface area contributed by atoms with Crippen LogP contribution in [0.4, 0.5) is 0 Å². The zero-order valence-corrected chi connectivity index (χ0v) is 15.4. The van der Waals surface area contributed by atoms with E-state index in [-0.39, 0.29) is 5.54 Å². The first-order valence-corrected chi connectivity index (χ1v) is 8.80. The van der Waals surface area contributed by atoms with Crippen LogP contribution in [0.2, 0.25) is 0 Å². The van der Waals surface area contributed by atoms with E-state index >= 15 is 0 Å². The number of benzene rings is 1. The van der Waals surface area contributed by atoms with Crippen molar-refractivity contribution >= 4 is 11.8 Å². The van der Waals surface area contributed by atoms with Gasteiger partial charge in [-0.25, -0.2) is 0 Å². The van der Waals surface area contributed by atoms with Gasteiger partial charge in [0.05, 0.1) is 7.11 Å². The molecule has 0 amide bonds. The summed E-state index contributed by atoms with van der Waals surface area (Å²) in [5.41, 5.74) is 2.75. The molecule has 0 bridgehead atoms. The van der Waals surface area contributed by atoms with Gasteiger partial charge in [-0.15, -0.1) is 0 Å².